The van der Waals surface area contributed by atoms with Gasteiger partial charge in [0.25, 0.3) is 11.8 Å². The van der Waals surface area contributed by atoms with Crippen molar-refractivity contribution in [3.63, 3.8) is 0 Å². The normalized spacial score (nSPS) is 12.5. The van der Waals surface area contributed by atoms with Crippen LogP contribution in [-0.4, -0.2) is 31.5 Å². The highest BCUT2D eigenvalue weighted by atomic mass is 16.5. The van der Waals surface area contributed by atoms with Gasteiger partial charge < -0.3 is 14.2 Å². The first kappa shape index (κ1) is 24.1. The van der Waals surface area contributed by atoms with Gasteiger partial charge in [-0.1, -0.05) is 66.7 Å². The summed E-state index contributed by atoms with van der Waals surface area (Å²) in [6, 6.07) is 23.7. The van der Waals surface area contributed by atoms with E-state index in [2.05, 4.69) is 0 Å². The zero-order chi connectivity index (χ0) is 25.9. The Morgan fingerprint density at radius 3 is 1.97 bits per heavy atom. The molecular formula is C30H25NO6. The van der Waals surface area contributed by atoms with Gasteiger partial charge in [0.2, 0.25) is 0 Å². The molecule has 0 fully saturated rings. The van der Waals surface area contributed by atoms with Crippen molar-refractivity contribution in [3.8, 4) is 11.5 Å². The van der Waals surface area contributed by atoms with Crippen LogP contribution in [0.3, 0.4) is 0 Å². The molecule has 0 N–H and O–H groups in total. The molecule has 2 amide bonds. The van der Waals surface area contributed by atoms with Crippen LogP contribution in [0.4, 0.5) is 5.69 Å². The Balaban J connectivity index is 1.57. The number of imide groups is 1. The Kier molecular flexibility index (Phi) is 6.60. The maximum atomic E-state index is 13.8. The smallest absolute Gasteiger partial charge is 0.310 e. The lowest BCUT2D eigenvalue weighted by Gasteiger charge is -2.16. The highest BCUT2D eigenvalue weighted by molar-refractivity contribution is 6.38. The predicted molar refractivity (Wildman–Crippen MR) is 139 cm³/mol. The van der Waals surface area contributed by atoms with Crippen LogP contribution >= 0.6 is 0 Å². The van der Waals surface area contributed by atoms with Crippen molar-refractivity contribution in [1.82, 2.24) is 0 Å². The second-order valence-electron chi connectivity index (χ2n) is 8.53. The molecule has 0 spiro atoms. The number of ether oxygens (including phenoxy) is 3. The zero-order valence-corrected chi connectivity index (χ0v) is 20.5. The molecule has 7 nitrogen and oxygen atoms in total. The Hall–Kier alpha value is -4.65. The second kappa shape index (κ2) is 10.1. The number of nitrogens with zero attached hydrogens (tertiary/aromatic N) is 1. The van der Waals surface area contributed by atoms with Crippen LogP contribution < -0.4 is 14.4 Å². The molecule has 0 unspecified atom stereocenters. The van der Waals surface area contributed by atoms with Crippen LogP contribution in [0.25, 0.3) is 10.8 Å². The molecule has 1 aliphatic rings. The molecule has 0 radical (unpaired) electrons. The second-order valence-corrected chi connectivity index (χ2v) is 8.53. The summed E-state index contributed by atoms with van der Waals surface area (Å²) in [4.78, 5) is 40.4. The van der Waals surface area contributed by atoms with E-state index in [-0.39, 0.29) is 30.1 Å². The lowest BCUT2D eigenvalue weighted by molar-refractivity contribution is -0.142. The molecule has 5 rings (SSSR count). The van der Waals surface area contributed by atoms with Crippen molar-refractivity contribution in [2.24, 2.45) is 0 Å². The van der Waals surface area contributed by atoms with Gasteiger partial charge in [-0.3, -0.25) is 14.4 Å². The monoisotopic (exact) mass is 495 g/mol. The van der Waals surface area contributed by atoms with Crippen LogP contribution in [-0.2, 0) is 22.6 Å². The van der Waals surface area contributed by atoms with Crippen molar-refractivity contribution in [1.29, 1.82) is 0 Å². The third kappa shape index (κ3) is 4.40. The van der Waals surface area contributed by atoms with Crippen molar-refractivity contribution >= 4 is 34.2 Å². The van der Waals surface area contributed by atoms with E-state index in [1.54, 1.807) is 31.2 Å². The van der Waals surface area contributed by atoms with E-state index < -0.39 is 11.8 Å². The number of hydrogen-bond acceptors (Lipinski definition) is 6. The first-order valence-corrected chi connectivity index (χ1v) is 12.0. The molecule has 4 aromatic carbocycles. The average molecular weight is 496 g/mol. The number of carbonyl (C=O) groups is 3. The van der Waals surface area contributed by atoms with Crippen LogP contribution in [0, 0.1) is 0 Å². The molecule has 1 heterocycles. The van der Waals surface area contributed by atoms with E-state index in [0.717, 1.165) is 10.5 Å². The minimum Gasteiger partial charge on any atom is -0.495 e. The van der Waals surface area contributed by atoms with Gasteiger partial charge >= 0.3 is 5.97 Å². The minimum atomic E-state index is -0.495. The maximum Gasteiger partial charge on any atom is 0.310 e. The largest absolute Gasteiger partial charge is 0.495 e. The van der Waals surface area contributed by atoms with E-state index in [9.17, 15) is 14.4 Å². The van der Waals surface area contributed by atoms with Crippen molar-refractivity contribution in [3.05, 3.63) is 101 Å². The maximum absolute atomic E-state index is 13.8. The van der Waals surface area contributed by atoms with Crippen LogP contribution in [0.15, 0.2) is 78.9 Å². The Morgan fingerprint density at radius 1 is 0.757 bits per heavy atom. The molecule has 0 saturated heterocycles. The average Bonchev–Trinajstić information content (AvgIpc) is 3.17. The summed E-state index contributed by atoms with van der Waals surface area (Å²) in [6.07, 6.45) is 0.104. The fourth-order valence-electron chi connectivity index (χ4n) is 4.57. The third-order valence-electron chi connectivity index (χ3n) is 6.23. The van der Waals surface area contributed by atoms with Gasteiger partial charge in [0.15, 0.2) is 0 Å². The topological polar surface area (TPSA) is 82.1 Å². The Labute approximate surface area is 214 Å². The number of hydrogen-bond donors (Lipinski definition) is 0. The summed E-state index contributed by atoms with van der Waals surface area (Å²) in [6.45, 7) is 2.28. The fraction of sp³-hybridized carbons (Fsp3) is 0.167. The Bertz CT molecular complexity index is 1490. The van der Waals surface area contributed by atoms with Crippen molar-refractivity contribution < 1.29 is 28.6 Å². The van der Waals surface area contributed by atoms with Crippen LogP contribution in [0.5, 0.6) is 11.5 Å². The molecule has 0 atom stereocenters. The van der Waals surface area contributed by atoms with Gasteiger partial charge in [0.1, 0.15) is 18.1 Å². The number of fused-ring (bicyclic) bond motifs is 2. The standard InChI is InChI=1S/C30H25NO6/c1-3-36-24(32)17-19-13-15-21(16-14-19)31-29(33)25-26(30(31)34)28(37-18-20-9-5-4-6-10-20)23-12-8-7-11-22(23)27(25)35-2/h4-16H,3,17-18H2,1-2H3. The highest BCUT2D eigenvalue weighted by Gasteiger charge is 2.43. The van der Waals surface area contributed by atoms with Gasteiger partial charge in [-0.05, 0) is 30.2 Å². The van der Waals surface area contributed by atoms with E-state index in [1.165, 1.54) is 7.11 Å². The number of carbonyl (C=O) groups excluding carboxylic acids is 3. The zero-order valence-electron chi connectivity index (χ0n) is 20.5. The number of amides is 2. The summed E-state index contributed by atoms with van der Waals surface area (Å²) in [7, 11) is 1.48. The van der Waals surface area contributed by atoms with Crippen LogP contribution in [0.1, 0.15) is 38.8 Å². The lowest BCUT2D eigenvalue weighted by Crippen LogP contribution is -2.29. The number of rotatable bonds is 8. The van der Waals surface area contributed by atoms with Gasteiger partial charge in [-0.25, -0.2) is 4.90 Å². The lowest BCUT2D eigenvalue weighted by atomic mass is 9.99. The molecule has 37 heavy (non-hydrogen) atoms. The number of benzene rings is 4. The van der Waals surface area contributed by atoms with Gasteiger partial charge in [-0.2, -0.15) is 0 Å². The van der Waals surface area contributed by atoms with Gasteiger partial charge in [0, 0.05) is 10.8 Å². The minimum absolute atomic E-state index is 0.104. The summed E-state index contributed by atoms with van der Waals surface area (Å²) >= 11 is 0. The van der Waals surface area contributed by atoms with E-state index in [4.69, 9.17) is 14.2 Å². The molecular weight excluding hydrogens is 470 g/mol. The number of methoxy groups -OCH3 is 1. The van der Waals surface area contributed by atoms with Crippen LogP contribution in [0.2, 0.25) is 0 Å². The van der Waals surface area contributed by atoms with E-state index in [1.807, 2.05) is 54.6 Å². The first-order chi connectivity index (χ1) is 18.0. The molecule has 4 aromatic rings. The summed E-state index contributed by atoms with van der Waals surface area (Å²) in [5.74, 6) is -0.657. The quantitative estimate of drug-likeness (QED) is 0.243. The molecule has 7 heteroatoms. The molecule has 0 aromatic heterocycles. The SMILES string of the molecule is CCOC(=O)Cc1ccc(N2C(=O)c3c(c(OCc4ccccc4)c4ccccc4c3OC)C2=O)cc1. The molecule has 0 bridgehead atoms. The molecule has 0 aliphatic carbocycles. The summed E-state index contributed by atoms with van der Waals surface area (Å²) in [5, 5.41) is 1.36. The van der Waals surface area contributed by atoms with Gasteiger partial charge in [0.05, 0.1) is 37.0 Å². The predicted octanol–water partition coefficient (Wildman–Crippen LogP) is 5.33. The first-order valence-electron chi connectivity index (χ1n) is 12.0. The summed E-state index contributed by atoms with van der Waals surface area (Å²) in [5.41, 5.74) is 2.38. The Morgan fingerprint density at radius 2 is 1.35 bits per heavy atom. The van der Waals surface area contributed by atoms with Crippen molar-refractivity contribution in [2.45, 2.75) is 20.0 Å². The van der Waals surface area contributed by atoms with Gasteiger partial charge in [-0.15, -0.1) is 0 Å². The van der Waals surface area contributed by atoms with Crippen molar-refractivity contribution in [2.75, 3.05) is 18.6 Å². The highest BCUT2D eigenvalue weighted by Crippen LogP contribution is 2.46. The number of anilines is 1. The molecule has 1 aliphatic heterocycles. The third-order valence-corrected chi connectivity index (χ3v) is 6.23. The molecule has 0 saturated carbocycles. The fourth-order valence-corrected chi connectivity index (χ4v) is 4.57. The molecule has 186 valence electrons. The number of esters is 1. The summed E-state index contributed by atoms with van der Waals surface area (Å²) < 4.78 is 16.9. The van der Waals surface area contributed by atoms with E-state index >= 15 is 0 Å². The van der Waals surface area contributed by atoms with E-state index in [0.29, 0.717) is 40.1 Å².